The number of rotatable bonds is 5. The quantitative estimate of drug-likeness (QED) is 0.464. The van der Waals surface area contributed by atoms with Gasteiger partial charge in [0.25, 0.3) is 5.56 Å². The van der Waals surface area contributed by atoms with Gasteiger partial charge in [0, 0.05) is 23.4 Å². The predicted molar refractivity (Wildman–Crippen MR) is 116 cm³/mol. The van der Waals surface area contributed by atoms with Gasteiger partial charge in [0.2, 0.25) is 12.7 Å². The third-order valence-electron chi connectivity index (χ3n) is 4.70. The summed E-state index contributed by atoms with van der Waals surface area (Å²) in [6, 6.07) is 14.4. The second-order valence-electron chi connectivity index (χ2n) is 6.86. The molecule has 1 aliphatic heterocycles. The molecule has 3 heterocycles. The summed E-state index contributed by atoms with van der Waals surface area (Å²) in [6.07, 6.45) is 0. The Hall–Kier alpha value is -3.79. The number of nitrogens with zero attached hydrogens (tertiary/aromatic N) is 3. The highest BCUT2D eigenvalue weighted by Crippen LogP contribution is 2.34. The van der Waals surface area contributed by atoms with Crippen molar-refractivity contribution in [2.45, 2.75) is 12.1 Å². The zero-order valence-corrected chi connectivity index (χ0v) is 17.2. The Morgan fingerprint density at radius 1 is 1.16 bits per heavy atom. The van der Waals surface area contributed by atoms with Gasteiger partial charge in [-0.3, -0.25) is 14.7 Å². The second-order valence-corrected chi connectivity index (χ2v) is 7.81. The van der Waals surface area contributed by atoms with Crippen LogP contribution in [0.25, 0.3) is 17.0 Å². The van der Waals surface area contributed by atoms with Gasteiger partial charge in [-0.25, -0.2) is 14.5 Å². The van der Waals surface area contributed by atoms with Gasteiger partial charge in [-0.1, -0.05) is 36.0 Å². The molecule has 0 radical (unpaired) electrons. The summed E-state index contributed by atoms with van der Waals surface area (Å²) in [6.45, 7) is 2.14. The van der Waals surface area contributed by atoms with Crippen molar-refractivity contribution in [1.29, 1.82) is 0 Å². The molecule has 0 aliphatic carbocycles. The Kier molecular flexibility index (Phi) is 4.83. The van der Waals surface area contributed by atoms with Crippen molar-refractivity contribution in [2.24, 2.45) is 0 Å². The molecular weight excluding hydrogens is 418 g/mol. The summed E-state index contributed by atoms with van der Waals surface area (Å²) >= 11 is 1.20. The number of nitrogens with one attached hydrogen (secondary N) is 2. The van der Waals surface area contributed by atoms with Crippen LogP contribution in [0.15, 0.2) is 58.5 Å². The number of amides is 1. The lowest BCUT2D eigenvalue weighted by Crippen LogP contribution is -2.15. The lowest BCUT2D eigenvalue weighted by molar-refractivity contribution is -0.113. The van der Waals surface area contributed by atoms with Crippen LogP contribution in [0.1, 0.15) is 5.56 Å². The van der Waals surface area contributed by atoms with Crippen LogP contribution in [-0.2, 0) is 4.79 Å². The Morgan fingerprint density at radius 2 is 2.00 bits per heavy atom. The molecule has 5 rings (SSSR count). The van der Waals surface area contributed by atoms with Crippen molar-refractivity contribution in [3.63, 3.8) is 0 Å². The standard InChI is InChI=1S/C21H17N5O4S/c1-12-4-2-3-5-14(12)20-23-17-9-18(27)25-26(17)21(24-20)31-10-19(28)22-13-6-7-15-16(8-13)30-11-29-15/h2-9H,10-11H2,1H3,(H,22,28)(H,25,27). The number of hydrogen-bond acceptors (Lipinski definition) is 7. The molecule has 1 amide bonds. The summed E-state index contributed by atoms with van der Waals surface area (Å²) in [5.41, 5.74) is 2.64. The third kappa shape index (κ3) is 3.84. The van der Waals surface area contributed by atoms with Crippen LogP contribution in [0.5, 0.6) is 11.5 Å². The van der Waals surface area contributed by atoms with Gasteiger partial charge in [0.15, 0.2) is 28.1 Å². The summed E-state index contributed by atoms with van der Waals surface area (Å²) in [4.78, 5) is 33.5. The minimum absolute atomic E-state index is 0.0912. The van der Waals surface area contributed by atoms with Gasteiger partial charge < -0.3 is 14.8 Å². The molecule has 2 aromatic heterocycles. The van der Waals surface area contributed by atoms with E-state index in [9.17, 15) is 9.59 Å². The van der Waals surface area contributed by atoms with E-state index in [1.165, 1.54) is 22.3 Å². The maximum Gasteiger partial charge on any atom is 0.266 e. The van der Waals surface area contributed by atoms with Crippen LogP contribution >= 0.6 is 11.8 Å². The fourth-order valence-electron chi connectivity index (χ4n) is 3.23. The molecule has 0 saturated carbocycles. The summed E-state index contributed by atoms with van der Waals surface area (Å²) < 4.78 is 12.1. The van der Waals surface area contributed by atoms with E-state index < -0.39 is 0 Å². The second kappa shape index (κ2) is 7.80. The van der Waals surface area contributed by atoms with Gasteiger partial charge in [-0.15, -0.1) is 0 Å². The van der Waals surface area contributed by atoms with Crippen LogP contribution < -0.4 is 20.3 Å². The van der Waals surface area contributed by atoms with E-state index in [0.717, 1.165) is 11.1 Å². The number of H-pyrrole nitrogens is 1. The fraction of sp³-hybridized carbons (Fsp3) is 0.143. The van der Waals surface area contributed by atoms with Gasteiger partial charge in [0.05, 0.1) is 5.75 Å². The van der Waals surface area contributed by atoms with E-state index in [-0.39, 0.29) is 24.0 Å². The average Bonchev–Trinajstić information content (AvgIpc) is 3.37. The zero-order valence-electron chi connectivity index (χ0n) is 16.4. The van der Waals surface area contributed by atoms with Crippen molar-refractivity contribution >= 4 is 29.0 Å². The summed E-state index contributed by atoms with van der Waals surface area (Å²) in [7, 11) is 0. The normalized spacial score (nSPS) is 12.3. The largest absolute Gasteiger partial charge is 0.454 e. The maximum atomic E-state index is 12.5. The molecule has 0 unspecified atom stereocenters. The van der Waals surface area contributed by atoms with Gasteiger partial charge >= 0.3 is 0 Å². The van der Waals surface area contributed by atoms with E-state index in [4.69, 9.17) is 9.47 Å². The molecule has 2 N–H and O–H groups in total. The first kappa shape index (κ1) is 19.2. The van der Waals surface area contributed by atoms with Crippen LogP contribution in [0.4, 0.5) is 5.69 Å². The average molecular weight is 435 g/mol. The van der Waals surface area contributed by atoms with Crippen LogP contribution in [0.2, 0.25) is 0 Å². The van der Waals surface area contributed by atoms with E-state index >= 15 is 0 Å². The Balaban J connectivity index is 1.38. The molecule has 1 aliphatic rings. The predicted octanol–water partition coefficient (Wildman–Crippen LogP) is 2.85. The smallest absolute Gasteiger partial charge is 0.266 e. The lowest BCUT2D eigenvalue weighted by Gasteiger charge is -2.09. The van der Waals surface area contributed by atoms with E-state index in [0.29, 0.717) is 33.8 Å². The fourth-order valence-corrected chi connectivity index (χ4v) is 3.98. The van der Waals surface area contributed by atoms with Crippen molar-refractivity contribution in [3.8, 4) is 22.9 Å². The molecule has 0 spiro atoms. The number of carbonyl (C=O) groups is 1. The monoisotopic (exact) mass is 435 g/mol. The number of carbonyl (C=O) groups excluding carboxylic acids is 1. The Morgan fingerprint density at radius 3 is 2.87 bits per heavy atom. The zero-order chi connectivity index (χ0) is 21.4. The number of hydrogen-bond donors (Lipinski definition) is 2. The van der Waals surface area contributed by atoms with Crippen LogP contribution in [0.3, 0.4) is 0 Å². The number of aromatic nitrogens is 4. The van der Waals surface area contributed by atoms with Gasteiger partial charge in [0.1, 0.15) is 0 Å². The Bertz CT molecular complexity index is 1360. The molecule has 0 atom stereocenters. The number of aryl methyl sites for hydroxylation is 1. The first-order valence-corrected chi connectivity index (χ1v) is 10.4. The molecular formula is C21H17N5O4S. The van der Waals surface area contributed by atoms with E-state index in [1.807, 2.05) is 31.2 Å². The number of anilines is 1. The van der Waals surface area contributed by atoms with Crippen molar-refractivity contribution in [2.75, 3.05) is 17.9 Å². The molecule has 10 heteroatoms. The highest BCUT2D eigenvalue weighted by atomic mass is 32.2. The topological polar surface area (TPSA) is 111 Å². The molecule has 0 bridgehead atoms. The molecule has 0 saturated heterocycles. The number of ether oxygens (including phenoxy) is 2. The molecule has 156 valence electrons. The van der Waals surface area contributed by atoms with Crippen molar-refractivity contribution in [1.82, 2.24) is 19.6 Å². The Labute approximate surface area is 180 Å². The SMILES string of the molecule is Cc1ccccc1-c1nc(SCC(=O)Nc2ccc3c(c2)OCO3)n2[nH]c(=O)cc2n1. The summed E-state index contributed by atoms with van der Waals surface area (Å²) in [5, 5.41) is 5.97. The number of aromatic amines is 1. The lowest BCUT2D eigenvalue weighted by atomic mass is 10.1. The van der Waals surface area contributed by atoms with Gasteiger partial charge in [-0.2, -0.15) is 0 Å². The molecule has 0 fully saturated rings. The molecule has 4 aromatic rings. The summed E-state index contributed by atoms with van der Waals surface area (Å²) in [5.74, 6) is 1.61. The van der Waals surface area contributed by atoms with E-state index in [2.05, 4.69) is 20.4 Å². The molecule has 2 aromatic carbocycles. The minimum Gasteiger partial charge on any atom is -0.454 e. The first-order valence-electron chi connectivity index (χ1n) is 9.45. The number of thioether (sulfide) groups is 1. The number of fused-ring (bicyclic) bond motifs is 2. The number of benzene rings is 2. The van der Waals surface area contributed by atoms with Crippen LogP contribution in [0, 0.1) is 6.92 Å². The molecule has 31 heavy (non-hydrogen) atoms. The highest BCUT2D eigenvalue weighted by molar-refractivity contribution is 7.99. The third-order valence-corrected chi connectivity index (χ3v) is 5.64. The van der Waals surface area contributed by atoms with Gasteiger partial charge in [-0.05, 0) is 24.6 Å². The molecule has 9 nitrogen and oxygen atoms in total. The first-order chi connectivity index (χ1) is 15.1. The maximum absolute atomic E-state index is 12.5. The highest BCUT2D eigenvalue weighted by Gasteiger charge is 2.16. The minimum atomic E-state index is -0.289. The van der Waals surface area contributed by atoms with E-state index in [1.54, 1.807) is 18.2 Å². The van der Waals surface area contributed by atoms with Crippen LogP contribution in [-0.4, -0.2) is 38.0 Å². The van der Waals surface area contributed by atoms with Crippen molar-refractivity contribution < 1.29 is 14.3 Å². The van der Waals surface area contributed by atoms with Crippen molar-refractivity contribution in [3.05, 3.63) is 64.4 Å².